The third-order valence-corrected chi connectivity index (χ3v) is 10.2. The van der Waals surface area contributed by atoms with Gasteiger partial charge in [0.1, 0.15) is 49.2 Å². The summed E-state index contributed by atoms with van der Waals surface area (Å²) in [5.41, 5.74) is 8.99. The van der Waals surface area contributed by atoms with Crippen molar-refractivity contribution in [3.63, 3.8) is 0 Å². The fraction of sp³-hybridized carbons (Fsp3) is 0.348. The first kappa shape index (κ1) is 37.3. The highest BCUT2D eigenvalue weighted by Gasteiger charge is 2.31. The van der Waals surface area contributed by atoms with Crippen LogP contribution in [0.3, 0.4) is 0 Å². The van der Waals surface area contributed by atoms with Crippen LogP contribution in [0.1, 0.15) is 78.2 Å². The van der Waals surface area contributed by atoms with Crippen molar-refractivity contribution >= 4 is 23.6 Å². The van der Waals surface area contributed by atoms with Crippen LogP contribution in [0.4, 0.5) is 0 Å². The highest BCUT2D eigenvalue weighted by atomic mass is 16.5. The average molecular weight is 775 g/mol. The highest BCUT2D eigenvalue weighted by Crippen LogP contribution is 2.42. The number of hydrogen-bond acceptors (Lipinski definition) is 12. The van der Waals surface area contributed by atoms with Gasteiger partial charge in [-0.2, -0.15) is 0 Å². The minimum Gasteiger partial charge on any atom is -0.474 e. The molecule has 4 aliphatic heterocycles. The van der Waals surface area contributed by atoms with Gasteiger partial charge < -0.3 is 18.9 Å². The van der Waals surface area contributed by atoms with Crippen molar-refractivity contribution in [2.24, 2.45) is 20.0 Å². The third kappa shape index (κ3) is 7.46. The molecule has 0 unspecified atom stereocenters. The number of nitrogens with zero attached hydrogens (tertiary/aromatic N) is 8. The third-order valence-electron chi connectivity index (χ3n) is 10.2. The number of benzene rings is 1. The van der Waals surface area contributed by atoms with Crippen LogP contribution in [0.25, 0.3) is 44.5 Å². The minimum atomic E-state index is -0.297. The van der Waals surface area contributed by atoms with E-state index in [0.717, 1.165) is 44.5 Å². The van der Waals surface area contributed by atoms with Crippen LogP contribution in [-0.2, 0) is 18.9 Å². The Morgan fingerprint density at radius 1 is 0.345 bits per heavy atom. The number of pyridine rings is 4. The Morgan fingerprint density at radius 2 is 0.569 bits per heavy atom. The second-order valence-corrected chi connectivity index (χ2v) is 17.7. The summed E-state index contributed by atoms with van der Waals surface area (Å²) in [5, 5.41) is 0. The van der Waals surface area contributed by atoms with Crippen LogP contribution in [0.5, 0.6) is 0 Å². The van der Waals surface area contributed by atoms with Gasteiger partial charge in [0, 0.05) is 47.0 Å². The predicted molar refractivity (Wildman–Crippen MR) is 226 cm³/mol. The molecule has 0 amide bonds. The summed E-state index contributed by atoms with van der Waals surface area (Å²) in [6, 6.07) is 20.5. The van der Waals surface area contributed by atoms with Crippen molar-refractivity contribution in [2.75, 3.05) is 26.4 Å². The summed E-state index contributed by atoms with van der Waals surface area (Å²) in [5.74, 6) is 2.19. The van der Waals surface area contributed by atoms with Gasteiger partial charge in [-0.1, -0.05) is 24.3 Å². The summed E-state index contributed by atoms with van der Waals surface area (Å²) < 4.78 is 23.7. The standard InChI is InChI=1S/C46H46N8O4/c1-43(2)23-55-39(51-43)35-13-9-27(19-47-35)31-17-33(29-11-15-37(49-21-29)41-53-45(5,6)25-57-41)34(30-12-16-38(50-22-30)42-54-46(7,8)26-58-42)18-32(31)28-10-14-36(48-20-28)40-52-44(3,4)24-56-40/h9-22H,23-26H2,1-8H3. The van der Waals surface area contributed by atoms with E-state index in [0.29, 0.717) is 72.8 Å². The molecule has 0 saturated carbocycles. The van der Waals surface area contributed by atoms with Crippen molar-refractivity contribution in [1.29, 1.82) is 0 Å². The lowest BCUT2D eigenvalue weighted by Crippen LogP contribution is -2.17. The van der Waals surface area contributed by atoms with Gasteiger partial charge in [0.2, 0.25) is 23.6 Å². The van der Waals surface area contributed by atoms with Crippen molar-refractivity contribution in [2.45, 2.75) is 77.5 Å². The minimum absolute atomic E-state index is 0.297. The van der Waals surface area contributed by atoms with Crippen LogP contribution in [-0.4, -0.2) is 92.1 Å². The maximum absolute atomic E-state index is 5.92. The molecule has 0 spiro atoms. The maximum atomic E-state index is 5.92. The normalized spacial score (nSPS) is 19.6. The van der Waals surface area contributed by atoms with E-state index in [-0.39, 0.29) is 22.2 Å². The first-order valence-corrected chi connectivity index (χ1v) is 19.6. The molecule has 0 N–H and O–H groups in total. The van der Waals surface area contributed by atoms with E-state index in [1.165, 1.54) is 0 Å². The SMILES string of the molecule is CC1(C)COC(c2ccc(-c3cc(-c4ccc(C5=NC(C)(C)CO5)nc4)c(-c4ccc(C5=NC(C)(C)CO5)nc4)cc3-c3ccc(C4=NC(C)(C)CO4)nc3)cn2)=N1. The van der Waals surface area contributed by atoms with Gasteiger partial charge in [0.05, 0.1) is 22.2 Å². The van der Waals surface area contributed by atoms with Crippen LogP contribution in [0, 0.1) is 0 Å². The average Bonchev–Trinajstić information content (AvgIpc) is 3.98. The van der Waals surface area contributed by atoms with Crippen molar-refractivity contribution in [3.05, 3.63) is 108 Å². The van der Waals surface area contributed by atoms with Gasteiger partial charge in [-0.05, 0) is 114 Å². The molecule has 4 aromatic heterocycles. The largest absolute Gasteiger partial charge is 0.474 e. The second-order valence-electron chi connectivity index (χ2n) is 17.7. The smallest absolute Gasteiger partial charge is 0.236 e. The number of hydrogen-bond donors (Lipinski definition) is 0. The Morgan fingerprint density at radius 3 is 0.724 bits per heavy atom. The first-order valence-electron chi connectivity index (χ1n) is 19.6. The number of ether oxygens (including phenoxy) is 4. The van der Waals surface area contributed by atoms with E-state index in [2.05, 4.69) is 36.4 Å². The quantitative estimate of drug-likeness (QED) is 0.154. The molecule has 0 fully saturated rings. The zero-order valence-electron chi connectivity index (χ0n) is 34.1. The van der Waals surface area contributed by atoms with Gasteiger partial charge >= 0.3 is 0 Å². The van der Waals surface area contributed by atoms with E-state index in [1.807, 2.05) is 104 Å². The maximum Gasteiger partial charge on any atom is 0.236 e. The molecular formula is C46H46N8O4. The Kier molecular flexibility index (Phi) is 8.79. The summed E-state index contributed by atoms with van der Waals surface area (Å²) in [7, 11) is 0. The number of aromatic nitrogens is 4. The summed E-state index contributed by atoms with van der Waals surface area (Å²) in [4.78, 5) is 38.4. The fourth-order valence-electron chi connectivity index (χ4n) is 7.14. The van der Waals surface area contributed by atoms with Crippen molar-refractivity contribution < 1.29 is 18.9 Å². The Hall–Kier alpha value is -6.30. The molecule has 5 aromatic rings. The fourth-order valence-corrected chi connectivity index (χ4v) is 7.14. The van der Waals surface area contributed by atoms with Gasteiger partial charge in [0.15, 0.2) is 0 Å². The first-order chi connectivity index (χ1) is 27.6. The second kappa shape index (κ2) is 13.7. The van der Waals surface area contributed by atoms with Crippen molar-refractivity contribution in [3.8, 4) is 44.5 Å². The van der Waals surface area contributed by atoms with Crippen LogP contribution < -0.4 is 0 Å². The van der Waals surface area contributed by atoms with Gasteiger partial charge in [-0.25, -0.2) is 20.0 Å². The molecule has 12 heteroatoms. The Bertz CT molecular complexity index is 2180. The molecule has 1 aromatic carbocycles. The van der Waals surface area contributed by atoms with E-state index in [1.54, 1.807) is 0 Å². The number of aliphatic imine (C=N–C) groups is 4. The lowest BCUT2D eigenvalue weighted by Gasteiger charge is -2.18. The lowest BCUT2D eigenvalue weighted by molar-refractivity contribution is 0.279. The lowest BCUT2D eigenvalue weighted by atomic mass is 9.87. The zero-order valence-corrected chi connectivity index (χ0v) is 34.1. The highest BCUT2D eigenvalue weighted by molar-refractivity contribution is 5.99. The van der Waals surface area contributed by atoms with Crippen LogP contribution in [0.15, 0.2) is 105 Å². The Labute approximate surface area is 338 Å². The van der Waals surface area contributed by atoms with E-state index >= 15 is 0 Å². The van der Waals surface area contributed by atoms with Crippen molar-refractivity contribution in [1.82, 2.24) is 19.9 Å². The zero-order chi connectivity index (χ0) is 40.5. The molecule has 4 aliphatic rings. The molecule has 0 saturated heterocycles. The molecule has 0 aliphatic carbocycles. The summed E-state index contributed by atoms with van der Waals surface area (Å²) in [6.07, 6.45) is 7.49. The molecule has 12 nitrogen and oxygen atoms in total. The summed E-state index contributed by atoms with van der Waals surface area (Å²) >= 11 is 0. The van der Waals surface area contributed by atoms with Crippen LogP contribution in [0.2, 0.25) is 0 Å². The molecule has 9 rings (SSSR count). The van der Waals surface area contributed by atoms with Gasteiger partial charge in [-0.15, -0.1) is 0 Å². The molecule has 58 heavy (non-hydrogen) atoms. The van der Waals surface area contributed by atoms with Gasteiger partial charge in [0.25, 0.3) is 0 Å². The molecule has 294 valence electrons. The molecule has 0 radical (unpaired) electrons. The topological polar surface area (TPSA) is 138 Å². The van der Waals surface area contributed by atoms with Gasteiger partial charge in [-0.3, -0.25) is 19.9 Å². The monoisotopic (exact) mass is 774 g/mol. The van der Waals surface area contributed by atoms with Crippen LogP contribution >= 0.6 is 0 Å². The molecule has 0 bridgehead atoms. The number of rotatable bonds is 8. The Balaban J connectivity index is 1.19. The molecular weight excluding hydrogens is 729 g/mol. The summed E-state index contributed by atoms with van der Waals surface area (Å²) in [6.45, 7) is 18.4. The molecule has 0 atom stereocenters. The van der Waals surface area contributed by atoms with E-state index in [4.69, 9.17) is 58.9 Å². The van der Waals surface area contributed by atoms with E-state index < -0.39 is 0 Å². The predicted octanol–water partition coefficient (Wildman–Crippen LogP) is 8.16. The van der Waals surface area contributed by atoms with E-state index in [9.17, 15) is 0 Å². The molecule has 8 heterocycles.